The first kappa shape index (κ1) is 13.7. The van der Waals surface area contributed by atoms with Crippen LogP contribution in [-0.4, -0.2) is 45.0 Å². The highest BCUT2D eigenvalue weighted by molar-refractivity contribution is 6.21. The van der Waals surface area contributed by atoms with E-state index < -0.39 is 36.2 Å². The third-order valence-electron chi connectivity index (χ3n) is 2.76. The van der Waals surface area contributed by atoms with Crippen molar-refractivity contribution in [1.29, 1.82) is 0 Å². The maximum Gasteiger partial charge on any atom is 0.323 e. The molecule has 20 heavy (non-hydrogen) atoms. The molecular weight excluding hydrogens is 268 g/mol. The average molecular weight is 278 g/mol. The summed E-state index contributed by atoms with van der Waals surface area (Å²) in [6.45, 7) is 0. The van der Waals surface area contributed by atoms with Crippen LogP contribution in [0.2, 0.25) is 0 Å². The van der Waals surface area contributed by atoms with Gasteiger partial charge in [0, 0.05) is 0 Å². The van der Waals surface area contributed by atoms with E-state index in [2.05, 4.69) is 5.43 Å². The Kier molecular flexibility index (Phi) is 3.49. The van der Waals surface area contributed by atoms with E-state index in [1.54, 1.807) is 12.1 Å². The van der Waals surface area contributed by atoms with Gasteiger partial charge >= 0.3 is 11.9 Å². The van der Waals surface area contributed by atoms with Crippen LogP contribution in [0.3, 0.4) is 0 Å². The average Bonchev–Trinajstić information content (AvgIpc) is 2.63. The van der Waals surface area contributed by atoms with Gasteiger partial charge < -0.3 is 10.2 Å². The van der Waals surface area contributed by atoms with Crippen LogP contribution in [0.5, 0.6) is 0 Å². The van der Waals surface area contributed by atoms with Crippen molar-refractivity contribution in [3.8, 4) is 0 Å². The van der Waals surface area contributed by atoms with E-state index in [-0.39, 0.29) is 11.1 Å². The van der Waals surface area contributed by atoms with Gasteiger partial charge in [-0.1, -0.05) is 12.1 Å². The molecule has 8 heteroatoms. The van der Waals surface area contributed by atoms with Gasteiger partial charge in [-0.05, 0) is 12.1 Å². The highest BCUT2D eigenvalue weighted by Crippen LogP contribution is 2.21. The molecule has 2 rings (SSSR count). The van der Waals surface area contributed by atoms with Crippen LogP contribution in [0.15, 0.2) is 24.3 Å². The zero-order chi connectivity index (χ0) is 14.9. The summed E-state index contributed by atoms with van der Waals surface area (Å²) in [5.41, 5.74) is 2.43. The van der Waals surface area contributed by atoms with Crippen molar-refractivity contribution in [2.75, 3.05) is 0 Å². The second kappa shape index (κ2) is 5.10. The third-order valence-corrected chi connectivity index (χ3v) is 2.76. The van der Waals surface area contributed by atoms with Crippen LogP contribution in [0.1, 0.15) is 27.1 Å². The maximum atomic E-state index is 12.0. The lowest BCUT2D eigenvalue weighted by molar-refractivity contribution is -0.146. The third kappa shape index (κ3) is 2.36. The largest absolute Gasteiger partial charge is 0.481 e. The SMILES string of the molecule is O=C(O)CC(NN1C(=O)c2ccccc2C1=O)C(=O)O. The Morgan fingerprint density at radius 3 is 2.00 bits per heavy atom. The number of nitrogens with one attached hydrogen (secondary N) is 1. The molecule has 0 bridgehead atoms. The number of carbonyl (C=O) groups is 4. The minimum atomic E-state index is -1.57. The first-order valence-electron chi connectivity index (χ1n) is 5.60. The molecule has 0 aliphatic carbocycles. The minimum Gasteiger partial charge on any atom is -0.481 e. The number of benzene rings is 1. The number of rotatable bonds is 5. The second-order valence-corrected chi connectivity index (χ2v) is 4.11. The first-order valence-corrected chi connectivity index (χ1v) is 5.60. The molecule has 8 nitrogen and oxygen atoms in total. The fourth-order valence-corrected chi connectivity index (χ4v) is 1.83. The molecule has 0 radical (unpaired) electrons. The molecule has 2 amide bonds. The molecule has 104 valence electrons. The van der Waals surface area contributed by atoms with E-state index in [4.69, 9.17) is 10.2 Å². The Bertz CT molecular complexity index is 577. The molecule has 0 aromatic heterocycles. The smallest absolute Gasteiger partial charge is 0.323 e. The van der Waals surface area contributed by atoms with Gasteiger partial charge in [0.15, 0.2) is 0 Å². The molecule has 0 saturated carbocycles. The Labute approximate surface area is 112 Å². The van der Waals surface area contributed by atoms with Crippen LogP contribution in [0, 0.1) is 0 Å². The quantitative estimate of drug-likeness (QED) is 0.632. The molecule has 3 N–H and O–H groups in total. The van der Waals surface area contributed by atoms with Crippen molar-refractivity contribution < 1.29 is 29.4 Å². The number of hydrazine groups is 1. The molecule has 0 fully saturated rings. The van der Waals surface area contributed by atoms with Gasteiger partial charge in [0.05, 0.1) is 17.5 Å². The Morgan fingerprint density at radius 2 is 1.60 bits per heavy atom. The summed E-state index contributed by atoms with van der Waals surface area (Å²) >= 11 is 0. The number of aliphatic carboxylic acids is 2. The topological polar surface area (TPSA) is 124 Å². The lowest BCUT2D eigenvalue weighted by atomic mass is 10.1. The number of carbonyl (C=O) groups excluding carboxylic acids is 2. The molecule has 0 spiro atoms. The first-order chi connectivity index (χ1) is 9.41. The second-order valence-electron chi connectivity index (χ2n) is 4.11. The molecule has 1 aliphatic rings. The van der Waals surface area contributed by atoms with Gasteiger partial charge in [-0.2, -0.15) is 0 Å². The van der Waals surface area contributed by atoms with Crippen molar-refractivity contribution in [2.45, 2.75) is 12.5 Å². The molecule has 1 aliphatic heterocycles. The van der Waals surface area contributed by atoms with Gasteiger partial charge in [0.1, 0.15) is 6.04 Å². The number of carboxylic acid groups (broad SMARTS) is 2. The normalized spacial score (nSPS) is 15.1. The number of carboxylic acids is 2. The number of nitrogens with zero attached hydrogens (tertiary/aromatic N) is 1. The van der Waals surface area contributed by atoms with Crippen molar-refractivity contribution in [1.82, 2.24) is 10.4 Å². The number of fused-ring (bicyclic) bond motifs is 1. The lowest BCUT2D eigenvalue weighted by Gasteiger charge is -2.19. The summed E-state index contributed by atoms with van der Waals surface area (Å²) in [7, 11) is 0. The summed E-state index contributed by atoms with van der Waals surface area (Å²) < 4.78 is 0. The number of hydrogen-bond acceptors (Lipinski definition) is 5. The van der Waals surface area contributed by atoms with Crippen LogP contribution < -0.4 is 5.43 Å². The Balaban J connectivity index is 2.23. The van der Waals surface area contributed by atoms with Gasteiger partial charge in [-0.3, -0.25) is 19.2 Å². The van der Waals surface area contributed by atoms with Crippen LogP contribution >= 0.6 is 0 Å². The molecule has 1 aromatic rings. The number of imide groups is 1. The van der Waals surface area contributed by atoms with Crippen LogP contribution in [0.4, 0.5) is 0 Å². The van der Waals surface area contributed by atoms with Crippen molar-refractivity contribution in [2.24, 2.45) is 0 Å². The molecule has 1 atom stereocenters. The highest BCUT2D eigenvalue weighted by Gasteiger charge is 2.38. The summed E-state index contributed by atoms with van der Waals surface area (Å²) in [5.74, 6) is -4.24. The predicted molar refractivity (Wildman–Crippen MR) is 63.8 cm³/mol. The molecular formula is C12H10N2O6. The van der Waals surface area contributed by atoms with E-state index >= 15 is 0 Å². The maximum absolute atomic E-state index is 12.0. The zero-order valence-corrected chi connectivity index (χ0v) is 10.1. The van der Waals surface area contributed by atoms with Crippen LogP contribution in [-0.2, 0) is 9.59 Å². The fourth-order valence-electron chi connectivity index (χ4n) is 1.83. The molecule has 1 aromatic carbocycles. The van der Waals surface area contributed by atoms with Gasteiger partial charge in [0.2, 0.25) is 0 Å². The standard InChI is InChI=1S/C12H10N2O6/c15-9(16)5-8(12(19)20)13-14-10(17)6-3-1-2-4-7(6)11(14)18/h1-4,8,13H,5H2,(H,15,16)(H,19,20). The van der Waals surface area contributed by atoms with E-state index in [0.29, 0.717) is 5.01 Å². The van der Waals surface area contributed by atoms with E-state index in [1.807, 2.05) is 0 Å². The van der Waals surface area contributed by atoms with E-state index in [0.717, 1.165) is 0 Å². The molecule has 1 unspecified atom stereocenters. The number of hydrogen-bond donors (Lipinski definition) is 3. The summed E-state index contributed by atoms with van der Waals surface area (Å²) in [6, 6.07) is 4.43. The molecule has 0 saturated heterocycles. The van der Waals surface area contributed by atoms with E-state index in [1.165, 1.54) is 12.1 Å². The lowest BCUT2D eigenvalue weighted by Crippen LogP contribution is -2.51. The number of amides is 2. The van der Waals surface area contributed by atoms with Crippen molar-refractivity contribution in [3.05, 3.63) is 35.4 Å². The fraction of sp³-hybridized carbons (Fsp3) is 0.167. The van der Waals surface area contributed by atoms with Crippen molar-refractivity contribution >= 4 is 23.8 Å². The van der Waals surface area contributed by atoms with Crippen molar-refractivity contribution in [3.63, 3.8) is 0 Å². The zero-order valence-electron chi connectivity index (χ0n) is 10.1. The van der Waals surface area contributed by atoms with E-state index in [9.17, 15) is 19.2 Å². The summed E-state index contributed by atoms with van der Waals surface area (Å²) in [4.78, 5) is 45.4. The Morgan fingerprint density at radius 1 is 1.10 bits per heavy atom. The van der Waals surface area contributed by atoms with Crippen LogP contribution in [0.25, 0.3) is 0 Å². The predicted octanol–water partition coefficient (Wildman–Crippen LogP) is -0.285. The highest BCUT2D eigenvalue weighted by atomic mass is 16.4. The summed E-state index contributed by atoms with van der Waals surface area (Å²) in [5, 5.41) is 18.1. The van der Waals surface area contributed by atoms with Gasteiger partial charge in [-0.25, -0.2) is 10.4 Å². The Hall–Kier alpha value is -2.74. The van der Waals surface area contributed by atoms with Gasteiger partial charge in [-0.15, -0.1) is 0 Å². The monoisotopic (exact) mass is 278 g/mol. The minimum absolute atomic E-state index is 0.143. The molecule has 1 heterocycles. The summed E-state index contributed by atoms with van der Waals surface area (Å²) in [6.07, 6.45) is -0.761. The van der Waals surface area contributed by atoms with Gasteiger partial charge in [0.25, 0.3) is 11.8 Å².